The van der Waals surface area contributed by atoms with Gasteiger partial charge in [-0.2, -0.15) is 0 Å². The fourth-order valence-corrected chi connectivity index (χ4v) is 2.03. The van der Waals surface area contributed by atoms with Crippen LogP contribution in [-0.2, 0) is 4.79 Å². The fourth-order valence-electron chi connectivity index (χ4n) is 2.03. The second-order valence-electron chi connectivity index (χ2n) is 4.61. The molecule has 6 heteroatoms. The highest BCUT2D eigenvalue weighted by molar-refractivity contribution is 6.02. The number of nitrogens with two attached hydrogens (primary N) is 1. The van der Waals surface area contributed by atoms with Crippen LogP contribution in [0.4, 0.5) is 10.1 Å². The van der Waals surface area contributed by atoms with Crippen LogP contribution in [0.5, 0.6) is 0 Å². The molecule has 0 radical (unpaired) electrons. The van der Waals surface area contributed by atoms with Crippen molar-refractivity contribution in [3.05, 3.63) is 29.6 Å². The zero-order chi connectivity index (χ0) is 15.3. The SMILES string of the molecule is CCC(CC)(CN)C(=O)Nc1c(F)cccc1C(=O)O. The largest absolute Gasteiger partial charge is 0.478 e. The van der Waals surface area contributed by atoms with Crippen molar-refractivity contribution in [3.8, 4) is 0 Å². The Kier molecular flexibility index (Phi) is 5.21. The average molecular weight is 282 g/mol. The zero-order valence-corrected chi connectivity index (χ0v) is 11.6. The summed E-state index contributed by atoms with van der Waals surface area (Å²) in [5.41, 5.74) is 4.23. The van der Waals surface area contributed by atoms with Crippen LogP contribution in [0.25, 0.3) is 0 Å². The van der Waals surface area contributed by atoms with Crippen molar-refractivity contribution in [2.45, 2.75) is 26.7 Å². The van der Waals surface area contributed by atoms with Crippen molar-refractivity contribution in [1.29, 1.82) is 0 Å². The summed E-state index contributed by atoms with van der Waals surface area (Å²) in [5.74, 6) is -2.54. The van der Waals surface area contributed by atoms with E-state index < -0.39 is 23.1 Å². The summed E-state index contributed by atoms with van der Waals surface area (Å²) < 4.78 is 13.8. The average Bonchev–Trinajstić information content (AvgIpc) is 2.43. The van der Waals surface area contributed by atoms with Gasteiger partial charge in [0.05, 0.1) is 16.7 Å². The number of para-hydroxylation sites is 1. The predicted molar refractivity (Wildman–Crippen MR) is 74.1 cm³/mol. The van der Waals surface area contributed by atoms with Gasteiger partial charge in [-0.05, 0) is 25.0 Å². The van der Waals surface area contributed by atoms with E-state index in [2.05, 4.69) is 5.32 Å². The van der Waals surface area contributed by atoms with Crippen LogP contribution >= 0.6 is 0 Å². The molecule has 4 N–H and O–H groups in total. The minimum atomic E-state index is -1.30. The lowest BCUT2D eigenvalue weighted by Gasteiger charge is -2.28. The molecule has 0 saturated heterocycles. The molecule has 0 bridgehead atoms. The van der Waals surface area contributed by atoms with Crippen molar-refractivity contribution in [2.75, 3.05) is 11.9 Å². The summed E-state index contributed by atoms with van der Waals surface area (Å²) >= 11 is 0. The van der Waals surface area contributed by atoms with Crippen molar-refractivity contribution in [3.63, 3.8) is 0 Å². The van der Waals surface area contributed by atoms with E-state index in [0.717, 1.165) is 6.07 Å². The third kappa shape index (κ3) is 2.96. The van der Waals surface area contributed by atoms with Crippen LogP contribution < -0.4 is 11.1 Å². The molecule has 0 aliphatic rings. The maximum absolute atomic E-state index is 13.8. The molecule has 1 aromatic rings. The number of carbonyl (C=O) groups excluding carboxylic acids is 1. The van der Waals surface area contributed by atoms with Gasteiger partial charge in [-0.25, -0.2) is 9.18 Å². The lowest BCUT2D eigenvalue weighted by atomic mass is 9.81. The molecule has 0 unspecified atom stereocenters. The number of benzene rings is 1. The van der Waals surface area contributed by atoms with E-state index in [1.165, 1.54) is 12.1 Å². The minimum absolute atomic E-state index is 0.114. The third-order valence-corrected chi connectivity index (χ3v) is 3.71. The third-order valence-electron chi connectivity index (χ3n) is 3.71. The van der Waals surface area contributed by atoms with Gasteiger partial charge in [0.1, 0.15) is 5.82 Å². The number of carboxylic acid groups (broad SMARTS) is 1. The zero-order valence-electron chi connectivity index (χ0n) is 11.6. The molecule has 0 saturated carbocycles. The van der Waals surface area contributed by atoms with Gasteiger partial charge in [-0.15, -0.1) is 0 Å². The molecule has 0 spiro atoms. The van der Waals surface area contributed by atoms with Crippen LogP contribution in [0.2, 0.25) is 0 Å². The van der Waals surface area contributed by atoms with E-state index in [1.54, 1.807) is 0 Å². The number of halogens is 1. The summed E-state index contributed by atoms with van der Waals surface area (Å²) in [5, 5.41) is 11.4. The Morgan fingerprint density at radius 3 is 2.40 bits per heavy atom. The molecule has 0 aliphatic carbocycles. The van der Waals surface area contributed by atoms with E-state index in [-0.39, 0.29) is 17.8 Å². The number of rotatable bonds is 6. The van der Waals surface area contributed by atoms with Gasteiger partial charge < -0.3 is 16.2 Å². The van der Waals surface area contributed by atoms with Crippen molar-refractivity contribution in [1.82, 2.24) is 0 Å². The van der Waals surface area contributed by atoms with E-state index in [4.69, 9.17) is 10.8 Å². The summed E-state index contributed by atoms with van der Waals surface area (Å²) in [4.78, 5) is 23.4. The van der Waals surface area contributed by atoms with Gasteiger partial charge >= 0.3 is 5.97 Å². The van der Waals surface area contributed by atoms with Crippen molar-refractivity contribution >= 4 is 17.6 Å². The highest BCUT2D eigenvalue weighted by Crippen LogP contribution is 2.29. The lowest BCUT2D eigenvalue weighted by Crippen LogP contribution is -2.42. The van der Waals surface area contributed by atoms with E-state index in [9.17, 15) is 14.0 Å². The van der Waals surface area contributed by atoms with Crippen LogP contribution in [0.3, 0.4) is 0 Å². The molecule has 110 valence electrons. The van der Waals surface area contributed by atoms with Gasteiger partial charge in [0.2, 0.25) is 5.91 Å². The molecule has 5 nitrogen and oxygen atoms in total. The van der Waals surface area contributed by atoms with E-state index in [1.807, 2.05) is 13.8 Å². The van der Waals surface area contributed by atoms with Crippen molar-refractivity contribution in [2.24, 2.45) is 11.1 Å². The number of hydrogen-bond acceptors (Lipinski definition) is 3. The molecule has 1 amide bonds. The van der Waals surface area contributed by atoms with E-state index in [0.29, 0.717) is 12.8 Å². The standard InChI is InChI=1S/C14H19FN2O3/c1-3-14(4-2,8-16)13(20)17-11-9(12(18)19)6-5-7-10(11)15/h5-7H,3-4,8,16H2,1-2H3,(H,17,20)(H,18,19). The highest BCUT2D eigenvalue weighted by Gasteiger charge is 2.34. The molecule has 0 heterocycles. The molecule has 1 rings (SSSR count). The summed E-state index contributed by atoms with van der Waals surface area (Å²) in [6, 6.07) is 3.62. The highest BCUT2D eigenvalue weighted by atomic mass is 19.1. The molecule has 0 aromatic heterocycles. The maximum atomic E-state index is 13.8. The van der Waals surface area contributed by atoms with Crippen LogP contribution in [0.15, 0.2) is 18.2 Å². The smallest absolute Gasteiger partial charge is 0.337 e. The van der Waals surface area contributed by atoms with E-state index >= 15 is 0 Å². The number of aromatic carboxylic acids is 1. The summed E-state index contributed by atoms with van der Waals surface area (Å²) in [6.07, 6.45) is 0.978. The fraction of sp³-hybridized carbons (Fsp3) is 0.429. The van der Waals surface area contributed by atoms with Gasteiger partial charge in [-0.3, -0.25) is 4.79 Å². The predicted octanol–water partition coefficient (Wildman–Crippen LogP) is 2.23. The number of hydrogen-bond donors (Lipinski definition) is 3. The maximum Gasteiger partial charge on any atom is 0.337 e. The Bertz CT molecular complexity index is 505. The number of carboxylic acids is 1. The van der Waals surface area contributed by atoms with Gasteiger partial charge in [0.15, 0.2) is 0 Å². The summed E-state index contributed by atoms with van der Waals surface area (Å²) in [7, 11) is 0. The molecule has 0 atom stereocenters. The Labute approximate surface area is 117 Å². The molecule has 1 aromatic carbocycles. The number of nitrogens with one attached hydrogen (secondary N) is 1. The summed E-state index contributed by atoms with van der Waals surface area (Å²) in [6.45, 7) is 3.74. The van der Waals surface area contributed by atoms with Crippen molar-refractivity contribution < 1.29 is 19.1 Å². The Morgan fingerprint density at radius 1 is 1.35 bits per heavy atom. The second-order valence-corrected chi connectivity index (χ2v) is 4.61. The first-order chi connectivity index (χ1) is 9.41. The van der Waals surface area contributed by atoms with Crippen LogP contribution in [0.1, 0.15) is 37.0 Å². The first kappa shape index (κ1) is 16.1. The second kappa shape index (κ2) is 6.47. The topological polar surface area (TPSA) is 92.4 Å². The Balaban J connectivity index is 3.16. The number of amides is 1. The molecule has 0 fully saturated rings. The Hall–Kier alpha value is -1.95. The molecular weight excluding hydrogens is 263 g/mol. The lowest BCUT2D eigenvalue weighted by molar-refractivity contribution is -0.125. The monoisotopic (exact) mass is 282 g/mol. The molecular formula is C14H19FN2O3. The molecule has 20 heavy (non-hydrogen) atoms. The van der Waals surface area contributed by atoms with Crippen LogP contribution in [-0.4, -0.2) is 23.5 Å². The van der Waals surface area contributed by atoms with Gasteiger partial charge in [-0.1, -0.05) is 19.9 Å². The molecule has 0 aliphatic heterocycles. The van der Waals surface area contributed by atoms with Crippen LogP contribution in [0, 0.1) is 11.2 Å². The van der Waals surface area contributed by atoms with Gasteiger partial charge in [0.25, 0.3) is 0 Å². The first-order valence-electron chi connectivity index (χ1n) is 6.45. The number of anilines is 1. The normalized spacial score (nSPS) is 11.2. The van der Waals surface area contributed by atoms with Gasteiger partial charge in [0, 0.05) is 6.54 Å². The number of carbonyl (C=O) groups is 2. The minimum Gasteiger partial charge on any atom is -0.478 e. The quantitative estimate of drug-likeness (QED) is 0.746. The Morgan fingerprint density at radius 2 is 1.95 bits per heavy atom. The first-order valence-corrected chi connectivity index (χ1v) is 6.45.